The first kappa shape index (κ1) is 14.7. The topological polar surface area (TPSA) is 28.2 Å². The molecule has 0 spiro atoms. The van der Waals surface area contributed by atoms with Gasteiger partial charge in [-0.05, 0) is 26.0 Å². The zero-order chi connectivity index (χ0) is 13.7. The number of anilines is 1. The Hall–Kier alpha value is -0.740. The third kappa shape index (κ3) is 4.11. The van der Waals surface area contributed by atoms with E-state index in [1.807, 2.05) is 6.20 Å². The molecule has 1 aliphatic rings. The van der Waals surface area contributed by atoms with Crippen molar-refractivity contribution in [1.29, 1.82) is 0 Å². The van der Waals surface area contributed by atoms with E-state index < -0.39 is 0 Å². The summed E-state index contributed by atoms with van der Waals surface area (Å²) in [4.78, 5) is 6.99. The predicted octanol–water partition coefficient (Wildman–Crippen LogP) is 2.83. The second-order valence-electron chi connectivity index (χ2n) is 5.26. The smallest absolute Gasteiger partial charge is 0.0446 e. The van der Waals surface area contributed by atoms with Gasteiger partial charge in [-0.3, -0.25) is 4.98 Å². The van der Waals surface area contributed by atoms with Crippen LogP contribution in [0, 0.1) is 6.92 Å². The number of aryl methyl sites for hydroxylation is 1. The van der Waals surface area contributed by atoms with E-state index in [1.54, 1.807) is 0 Å². The lowest BCUT2D eigenvalue weighted by molar-refractivity contribution is 0.669. The average molecular weight is 279 g/mol. The summed E-state index contributed by atoms with van der Waals surface area (Å²) < 4.78 is 0. The second kappa shape index (κ2) is 7.15. The van der Waals surface area contributed by atoms with Gasteiger partial charge in [-0.15, -0.1) is 0 Å². The normalized spacial score (nSPS) is 19.7. The van der Waals surface area contributed by atoms with Crippen molar-refractivity contribution in [1.82, 2.24) is 10.3 Å². The molecule has 1 aromatic rings. The first-order chi connectivity index (χ1) is 9.20. The zero-order valence-electron chi connectivity index (χ0n) is 12.3. The maximum absolute atomic E-state index is 4.46. The minimum Gasteiger partial charge on any atom is -0.369 e. The summed E-state index contributed by atoms with van der Waals surface area (Å²) in [7, 11) is 0. The summed E-state index contributed by atoms with van der Waals surface area (Å²) in [6.45, 7) is 10.9. The lowest BCUT2D eigenvalue weighted by Crippen LogP contribution is -2.37. The fourth-order valence-corrected chi connectivity index (χ4v) is 3.45. The van der Waals surface area contributed by atoms with Gasteiger partial charge < -0.3 is 10.2 Å². The Morgan fingerprint density at radius 2 is 2.37 bits per heavy atom. The molecular formula is C15H25N3S. The number of aromatic nitrogens is 1. The van der Waals surface area contributed by atoms with Gasteiger partial charge in [0.25, 0.3) is 0 Å². The zero-order valence-corrected chi connectivity index (χ0v) is 13.1. The SMILES string of the molecule is CCCNCc1cnc(C)cc1N1CCSC(C)C1. The van der Waals surface area contributed by atoms with Crippen LogP contribution in [0.2, 0.25) is 0 Å². The van der Waals surface area contributed by atoms with Crippen LogP contribution in [0.15, 0.2) is 12.3 Å². The van der Waals surface area contributed by atoms with Crippen LogP contribution in [0.4, 0.5) is 5.69 Å². The highest BCUT2D eigenvalue weighted by Crippen LogP contribution is 2.27. The fourth-order valence-electron chi connectivity index (χ4n) is 2.44. The van der Waals surface area contributed by atoms with Crippen LogP contribution in [0.25, 0.3) is 0 Å². The number of nitrogens with one attached hydrogen (secondary N) is 1. The predicted molar refractivity (Wildman–Crippen MR) is 85.1 cm³/mol. The van der Waals surface area contributed by atoms with Crippen LogP contribution in [-0.4, -0.2) is 35.6 Å². The van der Waals surface area contributed by atoms with Gasteiger partial charge in [0.15, 0.2) is 0 Å². The molecule has 1 N–H and O–H groups in total. The molecule has 1 unspecified atom stereocenters. The summed E-state index contributed by atoms with van der Waals surface area (Å²) >= 11 is 2.08. The van der Waals surface area contributed by atoms with Crippen molar-refractivity contribution in [2.45, 2.75) is 39.0 Å². The van der Waals surface area contributed by atoms with E-state index >= 15 is 0 Å². The minimum absolute atomic E-state index is 0.721. The van der Waals surface area contributed by atoms with Gasteiger partial charge in [-0.25, -0.2) is 0 Å². The van der Waals surface area contributed by atoms with E-state index in [4.69, 9.17) is 0 Å². The van der Waals surface area contributed by atoms with Gasteiger partial charge in [0.1, 0.15) is 0 Å². The number of hydrogen-bond acceptors (Lipinski definition) is 4. The van der Waals surface area contributed by atoms with Crippen molar-refractivity contribution in [2.24, 2.45) is 0 Å². The number of rotatable bonds is 5. The summed E-state index contributed by atoms with van der Waals surface area (Å²) in [6.07, 6.45) is 3.21. The molecule has 1 atom stereocenters. The first-order valence-electron chi connectivity index (χ1n) is 7.23. The maximum atomic E-state index is 4.46. The highest BCUT2D eigenvalue weighted by atomic mass is 32.2. The lowest BCUT2D eigenvalue weighted by Gasteiger charge is -2.34. The largest absolute Gasteiger partial charge is 0.369 e. The minimum atomic E-state index is 0.721. The Morgan fingerprint density at radius 3 is 3.11 bits per heavy atom. The van der Waals surface area contributed by atoms with E-state index in [0.29, 0.717) is 0 Å². The molecule has 1 aromatic heterocycles. The van der Waals surface area contributed by atoms with E-state index in [1.165, 1.54) is 23.4 Å². The monoisotopic (exact) mass is 279 g/mol. The van der Waals surface area contributed by atoms with Crippen molar-refractivity contribution in [3.8, 4) is 0 Å². The quantitative estimate of drug-likeness (QED) is 0.839. The molecule has 4 heteroatoms. The van der Waals surface area contributed by atoms with Gasteiger partial charge >= 0.3 is 0 Å². The molecule has 0 amide bonds. The third-order valence-corrected chi connectivity index (χ3v) is 4.56. The van der Waals surface area contributed by atoms with Crippen LogP contribution < -0.4 is 10.2 Å². The molecule has 0 radical (unpaired) electrons. The molecule has 1 aliphatic heterocycles. The third-order valence-electron chi connectivity index (χ3n) is 3.42. The second-order valence-corrected chi connectivity index (χ2v) is 6.80. The number of pyridine rings is 1. The molecule has 1 saturated heterocycles. The highest BCUT2D eigenvalue weighted by molar-refractivity contribution is 8.00. The summed E-state index contributed by atoms with van der Waals surface area (Å²) in [6, 6.07) is 2.24. The average Bonchev–Trinajstić information content (AvgIpc) is 2.40. The van der Waals surface area contributed by atoms with Gasteiger partial charge in [-0.1, -0.05) is 13.8 Å². The molecule has 106 valence electrons. The number of thioether (sulfide) groups is 1. The van der Waals surface area contributed by atoms with Crippen molar-refractivity contribution >= 4 is 17.4 Å². The molecule has 2 rings (SSSR count). The summed E-state index contributed by atoms with van der Waals surface area (Å²) in [5.41, 5.74) is 3.82. The molecule has 0 saturated carbocycles. The van der Waals surface area contributed by atoms with Crippen molar-refractivity contribution in [2.75, 3.05) is 30.3 Å². The molecule has 2 heterocycles. The van der Waals surface area contributed by atoms with Gasteiger partial charge in [0.2, 0.25) is 0 Å². The summed E-state index contributed by atoms with van der Waals surface area (Å²) in [5, 5.41) is 4.21. The molecule has 0 aliphatic carbocycles. The first-order valence-corrected chi connectivity index (χ1v) is 8.28. The van der Waals surface area contributed by atoms with Gasteiger partial charge in [-0.2, -0.15) is 11.8 Å². The van der Waals surface area contributed by atoms with Crippen LogP contribution in [0.1, 0.15) is 31.5 Å². The summed E-state index contributed by atoms with van der Waals surface area (Å²) in [5.74, 6) is 1.23. The lowest BCUT2D eigenvalue weighted by atomic mass is 10.1. The van der Waals surface area contributed by atoms with E-state index in [-0.39, 0.29) is 0 Å². The van der Waals surface area contributed by atoms with Crippen LogP contribution in [0.3, 0.4) is 0 Å². The molecule has 0 bridgehead atoms. The molecule has 1 fully saturated rings. The standard InChI is InChI=1S/C15H25N3S/c1-4-5-16-9-14-10-17-12(2)8-15(14)18-6-7-19-13(3)11-18/h8,10,13,16H,4-7,9,11H2,1-3H3. The Bertz CT molecular complexity index is 408. The Morgan fingerprint density at radius 1 is 1.53 bits per heavy atom. The van der Waals surface area contributed by atoms with Crippen LogP contribution >= 0.6 is 11.8 Å². The highest BCUT2D eigenvalue weighted by Gasteiger charge is 2.19. The van der Waals surface area contributed by atoms with E-state index in [0.717, 1.165) is 37.1 Å². The Balaban J connectivity index is 2.13. The fraction of sp³-hybridized carbons (Fsp3) is 0.667. The maximum Gasteiger partial charge on any atom is 0.0446 e. The van der Waals surface area contributed by atoms with Crippen LogP contribution in [0.5, 0.6) is 0 Å². The Labute approximate surface area is 121 Å². The van der Waals surface area contributed by atoms with Crippen molar-refractivity contribution in [3.05, 3.63) is 23.5 Å². The van der Waals surface area contributed by atoms with Crippen molar-refractivity contribution < 1.29 is 0 Å². The molecule has 0 aromatic carbocycles. The number of nitrogens with zero attached hydrogens (tertiary/aromatic N) is 2. The van der Waals surface area contributed by atoms with E-state index in [2.05, 4.69) is 53.8 Å². The van der Waals surface area contributed by atoms with Crippen molar-refractivity contribution in [3.63, 3.8) is 0 Å². The van der Waals surface area contributed by atoms with Gasteiger partial charge in [0.05, 0.1) is 0 Å². The molecule has 19 heavy (non-hydrogen) atoms. The van der Waals surface area contributed by atoms with Gasteiger partial charge in [0, 0.05) is 53.8 Å². The van der Waals surface area contributed by atoms with Crippen LogP contribution in [-0.2, 0) is 6.54 Å². The molecular weight excluding hydrogens is 254 g/mol. The Kier molecular flexibility index (Phi) is 5.52. The number of hydrogen-bond donors (Lipinski definition) is 1. The molecule has 3 nitrogen and oxygen atoms in total. The van der Waals surface area contributed by atoms with E-state index in [9.17, 15) is 0 Å².